The monoisotopic (exact) mass is 340 g/mol. The summed E-state index contributed by atoms with van der Waals surface area (Å²) in [7, 11) is 0. The second-order valence-corrected chi connectivity index (χ2v) is 6.55. The van der Waals surface area contributed by atoms with Gasteiger partial charge in [0.05, 0.1) is 4.83 Å². The van der Waals surface area contributed by atoms with Crippen molar-refractivity contribution in [2.75, 3.05) is 16.8 Å². The van der Waals surface area contributed by atoms with Gasteiger partial charge in [-0.05, 0) is 51.0 Å². The molecule has 0 spiro atoms. The summed E-state index contributed by atoms with van der Waals surface area (Å²) < 4.78 is 0. The van der Waals surface area contributed by atoms with Gasteiger partial charge in [-0.1, -0.05) is 29.8 Å². The first-order valence-corrected chi connectivity index (χ1v) is 8.10. The van der Waals surface area contributed by atoms with Crippen molar-refractivity contribution in [3.05, 3.63) is 24.3 Å². The average molecular weight is 341 g/mol. The zero-order chi connectivity index (χ0) is 15.3. The molecule has 20 heavy (non-hydrogen) atoms. The fraction of sp³-hybridized carbons (Fsp3) is 0.562. The Morgan fingerprint density at radius 1 is 1.20 bits per heavy atom. The maximum absolute atomic E-state index is 12.0. The molecular formula is C16H25BrN2O. The van der Waals surface area contributed by atoms with Crippen LogP contribution in [0.25, 0.3) is 0 Å². The van der Waals surface area contributed by atoms with Crippen molar-refractivity contribution in [3.63, 3.8) is 0 Å². The molecule has 1 unspecified atom stereocenters. The number of alkyl halides is 1. The molecule has 4 heteroatoms. The first-order valence-electron chi connectivity index (χ1n) is 7.18. The third-order valence-electron chi connectivity index (χ3n) is 3.27. The number of rotatable bonds is 6. The van der Waals surface area contributed by atoms with E-state index in [9.17, 15) is 4.79 Å². The summed E-state index contributed by atoms with van der Waals surface area (Å²) in [5.74, 6) is 0.273. The van der Waals surface area contributed by atoms with Gasteiger partial charge in [0.1, 0.15) is 0 Å². The minimum absolute atomic E-state index is 0.00366. The Balaban J connectivity index is 2.74. The van der Waals surface area contributed by atoms with Crippen LogP contribution in [0.15, 0.2) is 24.3 Å². The van der Waals surface area contributed by atoms with Crippen LogP contribution < -0.4 is 10.2 Å². The number of amides is 1. The van der Waals surface area contributed by atoms with Gasteiger partial charge in [0.25, 0.3) is 0 Å². The van der Waals surface area contributed by atoms with Gasteiger partial charge in [-0.25, -0.2) is 0 Å². The Hall–Kier alpha value is -1.03. The first kappa shape index (κ1) is 17.0. The Bertz CT molecular complexity index is 429. The maximum Gasteiger partial charge on any atom is 0.238 e. The molecule has 1 atom stereocenters. The molecule has 0 radical (unpaired) electrons. The lowest BCUT2D eigenvalue weighted by atomic mass is 10.1. The molecule has 0 aromatic heterocycles. The Morgan fingerprint density at radius 2 is 1.75 bits per heavy atom. The number of halogens is 1. The minimum Gasteiger partial charge on any atom is -0.369 e. The van der Waals surface area contributed by atoms with Crippen LogP contribution in [0.5, 0.6) is 0 Å². The van der Waals surface area contributed by atoms with Gasteiger partial charge in [-0.2, -0.15) is 0 Å². The van der Waals surface area contributed by atoms with E-state index in [1.165, 1.54) is 5.69 Å². The second-order valence-electron chi connectivity index (χ2n) is 5.56. The molecular weight excluding hydrogens is 316 g/mol. The molecule has 1 amide bonds. The van der Waals surface area contributed by atoms with Crippen LogP contribution in [-0.2, 0) is 4.79 Å². The van der Waals surface area contributed by atoms with Crippen LogP contribution >= 0.6 is 15.9 Å². The van der Waals surface area contributed by atoms with E-state index in [1.807, 2.05) is 26.0 Å². The van der Waals surface area contributed by atoms with Crippen molar-refractivity contribution in [3.8, 4) is 0 Å². The Labute approximate surface area is 130 Å². The minimum atomic E-state index is -0.162. The van der Waals surface area contributed by atoms with Crippen molar-refractivity contribution in [1.29, 1.82) is 0 Å². The summed E-state index contributed by atoms with van der Waals surface area (Å²) in [5.41, 5.74) is 2.02. The molecule has 1 N–H and O–H groups in total. The molecule has 1 aromatic rings. The van der Waals surface area contributed by atoms with E-state index in [4.69, 9.17) is 0 Å². The lowest BCUT2D eigenvalue weighted by Gasteiger charge is -2.27. The van der Waals surface area contributed by atoms with Gasteiger partial charge in [0, 0.05) is 24.0 Å². The number of carbonyl (C=O) groups is 1. The second kappa shape index (κ2) is 7.67. The highest BCUT2D eigenvalue weighted by atomic mass is 79.9. The predicted octanol–water partition coefficient (Wildman–Crippen LogP) is 4.28. The average Bonchev–Trinajstić information content (AvgIpc) is 2.40. The van der Waals surface area contributed by atoms with Crippen LogP contribution in [0, 0.1) is 5.92 Å². The number of anilines is 2. The van der Waals surface area contributed by atoms with E-state index < -0.39 is 0 Å². The normalized spacial score (nSPS) is 12.6. The number of carbonyl (C=O) groups excluding carboxylic acids is 1. The molecule has 112 valence electrons. The third-order valence-corrected chi connectivity index (χ3v) is 4.74. The topological polar surface area (TPSA) is 32.3 Å². The predicted molar refractivity (Wildman–Crippen MR) is 90.8 cm³/mol. The lowest BCUT2D eigenvalue weighted by Crippen LogP contribution is -2.30. The summed E-state index contributed by atoms with van der Waals surface area (Å²) in [6.07, 6.45) is 0. The number of benzene rings is 1. The lowest BCUT2D eigenvalue weighted by molar-refractivity contribution is -0.116. The smallest absolute Gasteiger partial charge is 0.238 e. The summed E-state index contributed by atoms with van der Waals surface area (Å²) >= 11 is 3.41. The highest BCUT2D eigenvalue weighted by molar-refractivity contribution is 9.10. The van der Waals surface area contributed by atoms with Crippen molar-refractivity contribution >= 4 is 33.2 Å². The molecule has 3 nitrogen and oxygen atoms in total. The van der Waals surface area contributed by atoms with E-state index in [2.05, 4.69) is 59.1 Å². The van der Waals surface area contributed by atoms with Gasteiger partial charge in [0.15, 0.2) is 0 Å². The largest absolute Gasteiger partial charge is 0.369 e. The summed E-state index contributed by atoms with van der Waals surface area (Å²) in [5, 5.41) is 2.93. The Morgan fingerprint density at radius 3 is 2.15 bits per heavy atom. The SMILES string of the molecule is CCN(c1ccc(NC(=O)C(Br)C(C)C)cc1)C(C)C. The standard InChI is InChI=1S/C16H25BrN2O/c1-6-19(12(4)5)14-9-7-13(8-10-14)18-16(20)15(17)11(2)3/h7-12,15H,6H2,1-5H3,(H,18,20). The maximum atomic E-state index is 12.0. The quantitative estimate of drug-likeness (QED) is 0.784. The molecule has 0 aliphatic heterocycles. The molecule has 1 aromatic carbocycles. The van der Waals surface area contributed by atoms with Crippen LogP contribution in [0.3, 0.4) is 0 Å². The molecule has 0 aliphatic rings. The van der Waals surface area contributed by atoms with E-state index in [-0.39, 0.29) is 16.7 Å². The van der Waals surface area contributed by atoms with Crippen molar-refractivity contribution < 1.29 is 4.79 Å². The molecule has 0 saturated heterocycles. The van der Waals surface area contributed by atoms with Gasteiger partial charge in [-0.15, -0.1) is 0 Å². The molecule has 0 heterocycles. The highest BCUT2D eigenvalue weighted by Gasteiger charge is 2.18. The van der Waals surface area contributed by atoms with E-state index in [1.54, 1.807) is 0 Å². The summed E-state index contributed by atoms with van der Waals surface area (Å²) in [6.45, 7) is 11.5. The highest BCUT2D eigenvalue weighted by Crippen LogP contribution is 2.21. The number of hydrogen-bond acceptors (Lipinski definition) is 2. The van der Waals surface area contributed by atoms with Crippen molar-refractivity contribution in [2.24, 2.45) is 5.92 Å². The zero-order valence-corrected chi connectivity index (χ0v) is 14.6. The van der Waals surface area contributed by atoms with Crippen LogP contribution in [0.2, 0.25) is 0 Å². The summed E-state index contributed by atoms with van der Waals surface area (Å²) in [4.78, 5) is 14.1. The van der Waals surface area contributed by atoms with Crippen molar-refractivity contribution in [1.82, 2.24) is 0 Å². The number of nitrogens with zero attached hydrogens (tertiary/aromatic N) is 1. The van der Waals surface area contributed by atoms with Crippen molar-refractivity contribution in [2.45, 2.75) is 45.5 Å². The van der Waals surface area contributed by atoms with Crippen LogP contribution in [0.1, 0.15) is 34.6 Å². The van der Waals surface area contributed by atoms with Gasteiger partial charge in [0.2, 0.25) is 5.91 Å². The molecule has 1 rings (SSSR count). The van der Waals surface area contributed by atoms with E-state index in [0.717, 1.165) is 12.2 Å². The third kappa shape index (κ3) is 4.51. The summed E-state index contributed by atoms with van der Waals surface area (Å²) in [6, 6.07) is 8.49. The van der Waals surface area contributed by atoms with Gasteiger partial charge >= 0.3 is 0 Å². The molecule has 0 fully saturated rings. The van der Waals surface area contributed by atoms with E-state index in [0.29, 0.717) is 6.04 Å². The first-order chi connectivity index (χ1) is 9.36. The fourth-order valence-electron chi connectivity index (χ4n) is 2.10. The van der Waals surface area contributed by atoms with Gasteiger partial charge < -0.3 is 10.2 Å². The molecule has 0 aliphatic carbocycles. The van der Waals surface area contributed by atoms with Crippen LogP contribution in [0.4, 0.5) is 11.4 Å². The molecule has 0 bridgehead atoms. The fourth-order valence-corrected chi connectivity index (χ4v) is 2.21. The molecule has 0 saturated carbocycles. The van der Waals surface area contributed by atoms with Crippen LogP contribution in [-0.4, -0.2) is 23.3 Å². The van der Waals surface area contributed by atoms with E-state index >= 15 is 0 Å². The Kier molecular flexibility index (Phi) is 6.53. The number of nitrogens with one attached hydrogen (secondary N) is 1. The number of hydrogen-bond donors (Lipinski definition) is 1. The van der Waals surface area contributed by atoms with Gasteiger partial charge in [-0.3, -0.25) is 4.79 Å². The zero-order valence-electron chi connectivity index (χ0n) is 13.0.